The first-order valence-corrected chi connectivity index (χ1v) is 5.21. The van der Waals surface area contributed by atoms with Crippen LogP contribution in [0.1, 0.15) is 40.0 Å². The maximum atomic E-state index is 11.3. The van der Waals surface area contributed by atoms with Gasteiger partial charge in [0, 0.05) is 5.57 Å². The van der Waals surface area contributed by atoms with Crippen molar-refractivity contribution in [3.8, 4) is 0 Å². The molecular weight excluding hydrogens is 176 g/mol. The highest BCUT2D eigenvalue weighted by molar-refractivity contribution is 5.87. The van der Waals surface area contributed by atoms with Crippen LogP contribution in [0.2, 0.25) is 0 Å². The summed E-state index contributed by atoms with van der Waals surface area (Å²) in [5, 5.41) is 0. The van der Waals surface area contributed by atoms with Gasteiger partial charge in [0.2, 0.25) is 0 Å². The Balaban J connectivity index is 3.64. The van der Waals surface area contributed by atoms with Gasteiger partial charge < -0.3 is 4.74 Å². The molecule has 0 heterocycles. The number of hydrogen-bond acceptors (Lipinski definition) is 2. The maximum absolute atomic E-state index is 11.3. The van der Waals surface area contributed by atoms with E-state index >= 15 is 0 Å². The van der Waals surface area contributed by atoms with Crippen molar-refractivity contribution in [1.82, 2.24) is 0 Å². The zero-order valence-electron chi connectivity index (χ0n) is 9.38. The van der Waals surface area contributed by atoms with Gasteiger partial charge in [0.05, 0.1) is 6.61 Å². The van der Waals surface area contributed by atoms with E-state index in [1.165, 1.54) is 0 Å². The number of esters is 1. The molecule has 0 atom stereocenters. The van der Waals surface area contributed by atoms with Gasteiger partial charge in [-0.25, -0.2) is 4.79 Å². The molecule has 0 bridgehead atoms. The van der Waals surface area contributed by atoms with Crippen molar-refractivity contribution in [2.75, 3.05) is 6.61 Å². The third-order valence-corrected chi connectivity index (χ3v) is 1.75. The lowest BCUT2D eigenvalue weighted by Gasteiger charge is -2.02. The molecule has 0 aliphatic rings. The van der Waals surface area contributed by atoms with Crippen molar-refractivity contribution in [3.63, 3.8) is 0 Å². The Morgan fingerprint density at radius 1 is 1.21 bits per heavy atom. The molecule has 0 amide bonds. The maximum Gasteiger partial charge on any atom is 0.333 e. The Hall–Kier alpha value is -1.05. The minimum absolute atomic E-state index is 0.197. The molecule has 0 fully saturated rings. The molecule has 80 valence electrons. The molecule has 0 aromatic carbocycles. The molecule has 14 heavy (non-hydrogen) atoms. The third kappa shape index (κ3) is 6.46. The van der Waals surface area contributed by atoms with Crippen LogP contribution in [-0.4, -0.2) is 12.6 Å². The molecule has 0 aromatic rings. The van der Waals surface area contributed by atoms with E-state index in [4.69, 9.17) is 4.74 Å². The Labute approximate surface area is 86.6 Å². The minimum atomic E-state index is -0.197. The molecule has 0 aliphatic carbocycles. The molecule has 0 N–H and O–H groups in total. The summed E-state index contributed by atoms with van der Waals surface area (Å²) in [6.07, 6.45) is 8.69. The van der Waals surface area contributed by atoms with Crippen molar-refractivity contribution >= 4 is 5.97 Å². The molecular formula is C12H20O2. The van der Waals surface area contributed by atoms with Crippen LogP contribution >= 0.6 is 0 Å². The van der Waals surface area contributed by atoms with Gasteiger partial charge >= 0.3 is 5.97 Å². The van der Waals surface area contributed by atoms with Crippen molar-refractivity contribution in [2.24, 2.45) is 0 Å². The second-order valence-corrected chi connectivity index (χ2v) is 3.10. The van der Waals surface area contributed by atoms with Crippen molar-refractivity contribution < 1.29 is 9.53 Å². The van der Waals surface area contributed by atoms with Crippen molar-refractivity contribution in [2.45, 2.75) is 40.0 Å². The van der Waals surface area contributed by atoms with Gasteiger partial charge in [-0.1, -0.05) is 32.1 Å². The summed E-state index contributed by atoms with van der Waals surface area (Å²) in [4.78, 5) is 11.3. The summed E-state index contributed by atoms with van der Waals surface area (Å²) in [6.45, 7) is 6.34. The minimum Gasteiger partial charge on any atom is -0.462 e. The van der Waals surface area contributed by atoms with Gasteiger partial charge in [0.1, 0.15) is 0 Å². The summed E-state index contributed by atoms with van der Waals surface area (Å²) >= 11 is 0. The summed E-state index contributed by atoms with van der Waals surface area (Å²) < 4.78 is 5.04. The number of allylic oxidation sites excluding steroid dienone is 2. The molecule has 0 aromatic heterocycles. The Morgan fingerprint density at radius 2 is 1.93 bits per heavy atom. The molecule has 0 saturated carbocycles. The van der Waals surface area contributed by atoms with E-state index in [9.17, 15) is 4.79 Å². The summed E-state index contributed by atoms with van der Waals surface area (Å²) in [7, 11) is 0. The number of carbonyl (C=O) groups excluding carboxylic acids is 1. The zero-order valence-corrected chi connectivity index (χ0v) is 9.38. The first-order valence-electron chi connectivity index (χ1n) is 5.21. The Kier molecular flexibility index (Phi) is 7.90. The van der Waals surface area contributed by atoms with Gasteiger partial charge in [0.25, 0.3) is 0 Å². The standard InChI is InChI=1S/C12H20O2/c1-4-6-7-8-10-14-12(13)11(3)9-5-2/h6-7,9H,4-5,8,10H2,1-3H3. The van der Waals surface area contributed by atoms with Crippen LogP contribution < -0.4 is 0 Å². The smallest absolute Gasteiger partial charge is 0.333 e. The van der Waals surface area contributed by atoms with Crippen LogP contribution in [0.5, 0.6) is 0 Å². The highest BCUT2D eigenvalue weighted by Crippen LogP contribution is 1.99. The van der Waals surface area contributed by atoms with E-state index in [0.29, 0.717) is 12.2 Å². The van der Waals surface area contributed by atoms with Crippen LogP contribution in [0.3, 0.4) is 0 Å². The normalized spacial score (nSPS) is 12.1. The molecule has 0 radical (unpaired) electrons. The van der Waals surface area contributed by atoms with Gasteiger partial charge in [-0.2, -0.15) is 0 Å². The molecule has 2 nitrogen and oxygen atoms in total. The lowest BCUT2D eigenvalue weighted by atomic mass is 10.2. The summed E-state index contributed by atoms with van der Waals surface area (Å²) in [5.41, 5.74) is 0.701. The lowest BCUT2D eigenvalue weighted by Crippen LogP contribution is -2.06. The highest BCUT2D eigenvalue weighted by Gasteiger charge is 2.02. The molecule has 0 unspecified atom stereocenters. The van der Waals surface area contributed by atoms with Gasteiger partial charge in [-0.05, 0) is 26.2 Å². The van der Waals surface area contributed by atoms with E-state index in [-0.39, 0.29) is 5.97 Å². The monoisotopic (exact) mass is 196 g/mol. The average Bonchev–Trinajstić information content (AvgIpc) is 2.17. The summed E-state index contributed by atoms with van der Waals surface area (Å²) in [5.74, 6) is -0.197. The van der Waals surface area contributed by atoms with E-state index < -0.39 is 0 Å². The SMILES string of the molecule is CCC=CCCOC(=O)C(C)=CCC. The number of rotatable bonds is 6. The number of hydrogen-bond donors (Lipinski definition) is 0. The van der Waals surface area contributed by atoms with Gasteiger partial charge in [0.15, 0.2) is 0 Å². The van der Waals surface area contributed by atoms with Crippen molar-refractivity contribution in [1.29, 1.82) is 0 Å². The molecule has 2 heteroatoms. The van der Waals surface area contributed by atoms with Gasteiger partial charge in [-0.3, -0.25) is 0 Å². The van der Waals surface area contributed by atoms with Crippen molar-refractivity contribution in [3.05, 3.63) is 23.8 Å². The van der Waals surface area contributed by atoms with E-state index in [1.54, 1.807) is 6.92 Å². The molecule has 0 aliphatic heterocycles. The van der Waals surface area contributed by atoms with Crippen LogP contribution in [0.15, 0.2) is 23.8 Å². The van der Waals surface area contributed by atoms with E-state index in [1.807, 2.05) is 19.1 Å². The Bertz CT molecular complexity index is 214. The largest absolute Gasteiger partial charge is 0.462 e. The molecule has 0 saturated heterocycles. The lowest BCUT2D eigenvalue weighted by molar-refractivity contribution is -0.138. The third-order valence-electron chi connectivity index (χ3n) is 1.75. The van der Waals surface area contributed by atoms with Crippen LogP contribution in [0.4, 0.5) is 0 Å². The molecule has 0 rings (SSSR count). The fourth-order valence-corrected chi connectivity index (χ4v) is 1.01. The van der Waals surface area contributed by atoms with E-state index in [0.717, 1.165) is 19.3 Å². The second kappa shape index (κ2) is 8.54. The first-order chi connectivity index (χ1) is 6.72. The second-order valence-electron chi connectivity index (χ2n) is 3.10. The number of carbonyl (C=O) groups is 1. The van der Waals surface area contributed by atoms with Gasteiger partial charge in [-0.15, -0.1) is 0 Å². The summed E-state index contributed by atoms with van der Waals surface area (Å²) in [6, 6.07) is 0. The highest BCUT2D eigenvalue weighted by atomic mass is 16.5. The number of ether oxygens (including phenoxy) is 1. The fraction of sp³-hybridized carbons (Fsp3) is 0.583. The quantitative estimate of drug-likeness (QED) is 0.282. The van der Waals surface area contributed by atoms with Crippen LogP contribution in [0.25, 0.3) is 0 Å². The predicted molar refractivity (Wildman–Crippen MR) is 59.1 cm³/mol. The average molecular weight is 196 g/mol. The first kappa shape index (κ1) is 12.9. The van der Waals surface area contributed by atoms with Crippen LogP contribution in [0, 0.1) is 0 Å². The molecule has 0 spiro atoms. The van der Waals surface area contributed by atoms with E-state index in [2.05, 4.69) is 13.0 Å². The van der Waals surface area contributed by atoms with Crippen LogP contribution in [-0.2, 0) is 9.53 Å². The zero-order chi connectivity index (χ0) is 10.8. The predicted octanol–water partition coefficient (Wildman–Crippen LogP) is 3.24. The fourth-order valence-electron chi connectivity index (χ4n) is 1.01. The topological polar surface area (TPSA) is 26.3 Å². The Morgan fingerprint density at radius 3 is 2.50 bits per heavy atom.